The summed E-state index contributed by atoms with van der Waals surface area (Å²) in [5, 5.41) is 15.8. The lowest BCUT2D eigenvalue weighted by Crippen LogP contribution is -2.36. The van der Waals surface area contributed by atoms with E-state index in [2.05, 4.69) is 10.6 Å². The smallest absolute Gasteiger partial charge is 0.307 e. The second-order valence-corrected chi connectivity index (χ2v) is 9.46. The highest BCUT2D eigenvalue weighted by molar-refractivity contribution is 7.16. The van der Waals surface area contributed by atoms with Gasteiger partial charge < -0.3 is 15.7 Å². The highest BCUT2D eigenvalue weighted by atomic mass is 32.1. The Balaban J connectivity index is 1.87. The maximum absolute atomic E-state index is 13.1. The standard InChI is InChI=1S/C24H28N2O4S/c1-13(2)20-12-19(22(28)25-16-8-6-5-7-9-16)23(31-20)26-21(27)17-10-14(3)15(4)11-18(17)24(29)30/h5-9,12-13,17-18H,10-11H2,1-4H3,(H,25,28)(H,26,27)(H,29,30). The van der Waals surface area contributed by atoms with E-state index in [9.17, 15) is 19.5 Å². The number of carboxylic acids is 1. The third kappa shape index (κ3) is 5.22. The number of amides is 2. The number of carbonyl (C=O) groups is 3. The largest absolute Gasteiger partial charge is 0.481 e. The number of para-hydroxylation sites is 1. The maximum Gasteiger partial charge on any atom is 0.307 e. The molecule has 3 N–H and O–H groups in total. The van der Waals surface area contributed by atoms with Crippen LogP contribution in [0.2, 0.25) is 0 Å². The fraction of sp³-hybridized carbons (Fsp3) is 0.375. The fourth-order valence-electron chi connectivity index (χ4n) is 3.71. The molecule has 1 aliphatic carbocycles. The molecule has 1 heterocycles. The molecule has 0 fully saturated rings. The summed E-state index contributed by atoms with van der Waals surface area (Å²) in [5.74, 6) is -2.89. The van der Waals surface area contributed by atoms with Crippen LogP contribution in [0.25, 0.3) is 0 Å². The molecule has 164 valence electrons. The molecule has 2 aromatic rings. The van der Waals surface area contributed by atoms with Gasteiger partial charge in [-0.15, -0.1) is 11.3 Å². The Hall–Kier alpha value is -2.93. The Kier molecular flexibility index (Phi) is 6.95. The first kappa shape index (κ1) is 22.7. The first-order valence-electron chi connectivity index (χ1n) is 10.4. The Bertz CT molecular complexity index is 1020. The van der Waals surface area contributed by atoms with Crippen LogP contribution < -0.4 is 10.6 Å². The molecule has 31 heavy (non-hydrogen) atoms. The number of allylic oxidation sites excluding steroid dienone is 2. The van der Waals surface area contributed by atoms with Crippen LogP contribution in [0.4, 0.5) is 10.7 Å². The molecule has 0 saturated carbocycles. The van der Waals surface area contributed by atoms with Crippen molar-refractivity contribution in [3.8, 4) is 0 Å². The van der Waals surface area contributed by atoms with Gasteiger partial charge >= 0.3 is 5.97 Å². The van der Waals surface area contributed by atoms with Gasteiger partial charge in [0, 0.05) is 10.6 Å². The quantitative estimate of drug-likeness (QED) is 0.516. The van der Waals surface area contributed by atoms with Crippen molar-refractivity contribution >= 4 is 39.8 Å². The van der Waals surface area contributed by atoms with E-state index >= 15 is 0 Å². The summed E-state index contributed by atoms with van der Waals surface area (Å²) in [7, 11) is 0. The molecule has 0 radical (unpaired) electrons. The van der Waals surface area contributed by atoms with Gasteiger partial charge in [-0.3, -0.25) is 14.4 Å². The molecule has 2 atom stereocenters. The number of nitrogens with one attached hydrogen (secondary N) is 2. The van der Waals surface area contributed by atoms with Crippen molar-refractivity contribution in [2.45, 2.75) is 46.5 Å². The Morgan fingerprint density at radius 2 is 1.61 bits per heavy atom. The number of aliphatic carboxylic acids is 1. The monoisotopic (exact) mass is 440 g/mol. The molecule has 2 amide bonds. The van der Waals surface area contributed by atoms with E-state index in [0.29, 0.717) is 29.1 Å². The van der Waals surface area contributed by atoms with Crippen molar-refractivity contribution in [3.63, 3.8) is 0 Å². The lowest BCUT2D eigenvalue weighted by atomic mass is 9.76. The molecule has 2 unspecified atom stereocenters. The van der Waals surface area contributed by atoms with E-state index in [0.717, 1.165) is 16.0 Å². The lowest BCUT2D eigenvalue weighted by Gasteiger charge is -2.29. The van der Waals surface area contributed by atoms with Gasteiger partial charge in [-0.25, -0.2) is 0 Å². The predicted octanol–water partition coefficient (Wildman–Crippen LogP) is 5.51. The van der Waals surface area contributed by atoms with E-state index in [4.69, 9.17) is 0 Å². The predicted molar refractivity (Wildman–Crippen MR) is 124 cm³/mol. The molecule has 1 aromatic carbocycles. The molecular formula is C24H28N2O4S. The van der Waals surface area contributed by atoms with Gasteiger partial charge in [0.05, 0.1) is 17.4 Å². The average molecular weight is 441 g/mol. The minimum absolute atomic E-state index is 0.188. The van der Waals surface area contributed by atoms with Gasteiger partial charge in [0.1, 0.15) is 5.00 Å². The first-order valence-corrected chi connectivity index (χ1v) is 11.2. The normalized spacial score (nSPS) is 18.7. The second kappa shape index (κ2) is 9.47. The third-order valence-corrected chi connectivity index (χ3v) is 7.10. The molecule has 1 aliphatic rings. The van der Waals surface area contributed by atoms with Gasteiger partial charge in [0.15, 0.2) is 0 Å². The summed E-state index contributed by atoms with van der Waals surface area (Å²) in [6, 6.07) is 10.9. The van der Waals surface area contributed by atoms with Gasteiger partial charge in [-0.2, -0.15) is 0 Å². The van der Waals surface area contributed by atoms with E-state index < -0.39 is 17.8 Å². The van der Waals surface area contributed by atoms with E-state index in [1.165, 1.54) is 11.3 Å². The molecule has 0 aliphatic heterocycles. The Labute approximate surface area is 186 Å². The number of carboxylic acid groups (broad SMARTS) is 1. The van der Waals surface area contributed by atoms with Crippen molar-refractivity contribution in [3.05, 3.63) is 58.0 Å². The lowest BCUT2D eigenvalue weighted by molar-refractivity contribution is -0.146. The van der Waals surface area contributed by atoms with Crippen molar-refractivity contribution < 1.29 is 19.5 Å². The van der Waals surface area contributed by atoms with Crippen LogP contribution in [-0.2, 0) is 9.59 Å². The SMILES string of the molecule is CC1=C(C)CC(C(=O)Nc2sc(C(C)C)cc2C(=O)Nc2ccccc2)C(C(=O)O)C1. The summed E-state index contributed by atoms with van der Waals surface area (Å²) < 4.78 is 0. The Morgan fingerprint density at radius 1 is 1.00 bits per heavy atom. The number of rotatable bonds is 6. The van der Waals surface area contributed by atoms with Crippen molar-refractivity contribution in [1.82, 2.24) is 0 Å². The highest BCUT2D eigenvalue weighted by Crippen LogP contribution is 2.37. The van der Waals surface area contributed by atoms with Crippen LogP contribution in [-0.4, -0.2) is 22.9 Å². The minimum Gasteiger partial charge on any atom is -0.481 e. The minimum atomic E-state index is -0.969. The Morgan fingerprint density at radius 3 is 2.19 bits per heavy atom. The molecule has 0 bridgehead atoms. The third-order valence-electron chi connectivity index (χ3n) is 5.75. The fourth-order valence-corrected chi connectivity index (χ4v) is 4.77. The van der Waals surface area contributed by atoms with Gasteiger partial charge in [0.2, 0.25) is 5.91 Å². The molecule has 7 heteroatoms. The molecule has 3 rings (SSSR count). The molecule has 6 nitrogen and oxygen atoms in total. The van der Waals surface area contributed by atoms with Gasteiger partial charge in [-0.05, 0) is 50.8 Å². The van der Waals surface area contributed by atoms with Crippen molar-refractivity contribution in [1.29, 1.82) is 0 Å². The van der Waals surface area contributed by atoms with Gasteiger partial charge in [0.25, 0.3) is 5.91 Å². The van der Waals surface area contributed by atoms with Crippen LogP contribution in [0.1, 0.15) is 61.7 Å². The maximum atomic E-state index is 13.1. The van der Waals surface area contributed by atoms with Crippen LogP contribution in [0, 0.1) is 11.8 Å². The molecule has 1 aromatic heterocycles. The zero-order valence-electron chi connectivity index (χ0n) is 18.2. The van der Waals surface area contributed by atoms with Crippen LogP contribution in [0.5, 0.6) is 0 Å². The molecule has 0 saturated heterocycles. The van der Waals surface area contributed by atoms with Crippen LogP contribution in [0.15, 0.2) is 47.5 Å². The topological polar surface area (TPSA) is 95.5 Å². The second-order valence-electron chi connectivity index (χ2n) is 8.38. The number of thiophene rings is 1. The number of anilines is 2. The highest BCUT2D eigenvalue weighted by Gasteiger charge is 2.37. The van der Waals surface area contributed by atoms with E-state index in [1.54, 1.807) is 18.2 Å². The zero-order chi connectivity index (χ0) is 22.7. The van der Waals surface area contributed by atoms with Crippen molar-refractivity contribution in [2.24, 2.45) is 11.8 Å². The van der Waals surface area contributed by atoms with Crippen LogP contribution >= 0.6 is 11.3 Å². The summed E-state index contributed by atoms with van der Waals surface area (Å²) in [6.45, 7) is 7.90. The van der Waals surface area contributed by atoms with Crippen molar-refractivity contribution in [2.75, 3.05) is 10.6 Å². The number of carbonyl (C=O) groups excluding carboxylic acids is 2. The number of hydrogen-bond acceptors (Lipinski definition) is 4. The van der Waals surface area contributed by atoms with Crippen LogP contribution in [0.3, 0.4) is 0 Å². The van der Waals surface area contributed by atoms with Gasteiger partial charge in [-0.1, -0.05) is 43.2 Å². The zero-order valence-corrected chi connectivity index (χ0v) is 19.0. The summed E-state index contributed by atoms with van der Waals surface area (Å²) in [4.78, 5) is 38.8. The first-order chi connectivity index (χ1) is 14.7. The van der Waals surface area contributed by atoms with E-state index in [1.807, 2.05) is 45.9 Å². The molecule has 0 spiro atoms. The summed E-state index contributed by atoms with van der Waals surface area (Å²) >= 11 is 1.36. The molecular weight excluding hydrogens is 412 g/mol. The number of hydrogen-bond donors (Lipinski definition) is 3. The number of benzene rings is 1. The summed E-state index contributed by atoms with van der Waals surface area (Å²) in [5.41, 5.74) is 3.12. The summed E-state index contributed by atoms with van der Waals surface area (Å²) in [6.07, 6.45) is 0.769. The average Bonchev–Trinajstić information content (AvgIpc) is 3.14. The van der Waals surface area contributed by atoms with E-state index in [-0.39, 0.29) is 17.7 Å².